The van der Waals surface area contributed by atoms with Crippen LogP contribution in [-0.2, 0) is 4.79 Å². The molecule has 1 fully saturated rings. The molecular weight excluding hydrogens is 276 g/mol. The first-order valence-electron chi connectivity index (χ1n) is 8.08. The molecule has 1 aromatic rings. The number of aromatic amines is 1. The Morgan fingerprint density at radius 1 is 1.32 bits per heavy atom. The summed E-state index contributed by atoms with van der Waals surface area (Å²) in [5.74, 6) is 5.66. The molecule has 2 heterocycles. The van der Waals surface area contributed by atoms with Crippen molar-refractivity contribution in [3.63, 3.8) is 0 Å². The number of amides is 1. The number of hydrogen-bond acceptors (Lipinski definition) is 3. The molecule has 124 valence electrons. The number of aromatic nitrogens is 1. The zero-order valence-corrected chi connectivity index (χ0v) is 14.4. The van der Waals surface area contributed by atoms with E-state index in [9.17, 15) is 4.79 Å². The van der Waals surface area contributed by atoms with Crippen molar-refractivity contribution in [2.75, 3.05) is 0 Å². The van der Waals surface area contributed by atoms with Crippen molar-refractivity contribution in [1.82, 2.24) is 15.7 Å². The minimum Gasteiger partial charge on any atom is -0.365 e. The van der Waals surface area contributed by atoms with E-state index in [1.54, 1.807) is 0 Å². The van der Waals surface area contributed by atoms with Crippen molar-refractivity contribution in [3.05, 3.63) is 24.0 Å². The highest BCUT2D eigenvalue weighted by Gasteiger charge is 2.43. The first-order valence-corrected chi connectivity index (χ1v) is 8.08. The van der Waals surface area contributed by atoms with Gasteiger partial charge < -0.3 is 10.3 Å². The summed E-state index contributed by atoms with van der Waals surface area (Å²) in [6, 6.07) is 4.07. The standard InChI is InChI=1S/C17H30N4O/c1-11(15(22)20-18)14(13-7-6-8-19-13)12-9-16(2,3)21-17(4,5)10-12/h6-8,11-12,14,19,21H,9-10,18H2,1-5H3,(H,20,22). The number of carbonyl (C=O) groups excluding carboxylic acids is 1. The Morgan fingerprint density at radius 3 is 2.36 bits per heavy atom. The Kier molecular flexibility index (Phi) is 4.68. The number of hydrogen-bond donors (Lipinski definition) is 4. The first kappa shape index (κ1) is 17.0. The Balaban J connectivity index is 2.34. The lowest BCUT2D eigenvalue weighted by atomic mass is 9.67. The van der Waals surface area contributed by atoms with Gasteiger partial charge in [0.2, 0.25) is 5.91 Å². The van der Waals surface area contributed by atoms with Gasteiger partial charge in [-0.1, -0.05) is 6.92 Å². The molecule has 1 aliphatic heterocycles. The number of H-pyrrole nitrogens is 1. The topological polar surface area (TPSA) is 82.9 Å². The smallest absolute Gasteiger partial charge is 0.237 e. The largest absolute Gasteiger partial charge is 0.365 e. The quantitative estimate of drug-likeness (QED) is 0.391. The van der Waals surface area contributed by atoms with Gasteiger partial charge in [-0.15, -0.1) is 0 Å². The highest BCUT2D eigenvalue weighted by atomic mass is 16.2. The van der Waals surface area contributed by atoms with Gasteiger partial charge in [0.1, 0.15) is 0 Å². The molecule has 2 rings (SSSR count). The number of hydrazine groups is 1. The molecule has 0 aromatic carbocycles. The lowest BCUT2D eigenvalue weighted by Crippen LogP contribution is -2.59. The van der Waals surface area contributed by atoms with Crippen LogP contribution in [0.1, 0.15) is 59.1 Å². The fraction of sp³-hybridized carbons (Fsp3) is 0.706. The summed E-state index contributed by atoms with van der Waals surface area (Å²) in [6.45, 7) is 10.9. The van der Waals surface area contributed by atoms with E-state index in [-0.39, 0.29) is 28.8 Å². The second kappa shape index (κ2) is 6.05. The molecule has 0 bridgehead atoms. The van der Waals surface area contributed by atoms with E-state index < -0.39 is 0 Å². The summed E-state index contributed by atoms with van der Waals surface area (Å²) in [6.07, 6.45) is 3.98. The Hall–Kier alpha value is -1.33. The summed E-state index contributed by atoms with van der Waals surface area (Å²) in [5, 5.41) is 3.71. The highest BCUT2D eigenvalue weighted by Crippen LogP contribution is 2.43. The maximum Gasteiger partial charge on any atom is 0.237 e. The average molecular weight is 306 g/mol. The molecule has 22 heavy (non-hydrogen) atoms. The molecule has 0 aliphatic carbocycles. The second-order valence-corrected chi connectivity index (χ2v) is 8.01. The molecule has 1 aliphatic rings. The van der Waals surface area contributed by atoms with Crippen molar-refractivity contribution in [2.24, 2.45) is 17.7 Å². The van der Waals surface area contributed by atoms with Gasteiger partial charge in [-0.2, -0.15) is 0 Å². The van der Waals surface area contributed by atoms with Crippen LogP contribution in [0.15, 0.2) is 18.3 Å². The van der Waals surface area contributed by atoms with Crippen LogP contribution in [0.5, 0.6) is 0 Å². The van der Waals surface area contributed by atoms with Gasteiger partial charge in [-0.3, -0.25) is 10.2 Å². The third-order valence-electron chi connectivity index (χ3n) is 4.81. The molecule has 0 saturated carbocycles. The lowest BCUT2D eigenvalue weighted by Gasteiger charge is -2.49. The monoisotopic (exact) mass is 306 g/mol. The number of carbonyl (C=O) groups is 1. The van der Waals surface area contributed by atoms with Crippen molar-refractivity contribution in [1.29, 1.82) is 0 Å². The predicted octanol–water partition coefficient (Wildman–Crippen LogP) is 2.28. The van der Waals surface area contributed by atoms with E-state index in [0.717, 1.165) is 18.5 Å². The van der Waals surface area contributed by atoms with E-state index in [1.165, 1.54) is 0 Å². The Bertz CT molecular complexity index is 491. The van der Waals surface area contributed by atoms with Crippen LogP contribution in [0, 0.1) is 11.8 Å². The molecule has 0 radical (unpaired) electrons. The number of rotatable bonds is 4. The van der Waals surface area contributed by atoms with Crippen molar-refractivity contribution >= 4 is 5.91 Å². The molecule has 0 spiro atoms. The van der Waals surface area contributed by atoms with Crippen LogP contribution in [0.4, 0.5) is 0 Å². The molecule has 5 nitrogen and oxygen atoms in total. The molecule has 2 atom stereocenters. The molecule has 1 amide bonds. The van der Waals surface area contributed by atoms with E-state index in [2.05, 4.69) is 49.5 Å². The lowest BCUT2D eigenvalue weighted by molar-refractivity contribution is -0.126. The van der Waals surface area contributed by atoms with Gasteiger partial charge in [-0.25, -0.2) is 5.84 Å². The summed E-state index contributed by atoms with van der Waals surface area (Å²) < 4.78 is 0. The fourth-order valence-electron chi connectivity index (χ4n) is 4.43. The predicted molar refractivity (Wildman–Crippen MR) is 89.0 cm³/mol. The minimum absolute atomic E-state index is 0.0518. The van der Waals surface area contributed by atoms with Crippen LogP contribution in [0.3, 0.4) is 0 Å². The normalized spacial score (nSPS) is 23.7. The molecule has 1 aromatic heterocycles. The van der Waals surface area contributed by atoms with Crippen LogP contribution in [0.2, 0.25) is 0 Å². The van der Waals surface area contributed by atoms with Gasteiger partial charge in [0.05, 0.1) is 0 Å². The van der Waals surface area contributed by atoms with Gasteiger partial charge in [0.25, 0.3) is 0 Å². The SMILES string of the molecule is CC(C(=O)NN)C(c1ccc[nH]1)C1CC(C)(C)NC(C)(C)C1. The molecule has 5 N–H and O–H groups in total. The fourth-order valence-corrected chi connectivity index (χ4v) is 4.43. The van der Waals surface area contributed by atoms with Gasteiger partial charge >= 0.3 is 0 Å². The Morgan fingerprint density at radius 2 is 1.91 bits per heavy atom. The molecular formula is C17H30N4O. The van der Waals surface area contributed by atoms with Crippen LogP contribution in [0.25, 0.3) is 0 Å². The van der Waals surface area contributed by atoms with Crippen molar-refractivity contribution in [2.45, 2.75) is 64.5 Å². The zero-order valence-electron chi connectivity index (χ0n) is 14.4. The summed E-state index contributed by atoms with van der Waals surface area (Å²) in [4.78, 5) is 15.5. The molecule has 5 heteroatoms. The summed E-state index contributed by atoms with van der Waals surface area (Å²) in [5.41, 5.74) is 3.54. The second-order valence-electron chi connectivity index (χ2n) is 8.01. The van der Waals surface area contributed by atoms with Crippen LogP contribution < -0.4 is 16.6 Å². The summed E-state index contributed by atoms with van der Waals surface area (Å²) in [7, 11) is 0. The third-order valence-corrected chi connectivity index (χ3v) is 4.81. The van der Waals surface area contributed by atoms with Crippen LogP contribution >= 0.6 is 0 Å². The number of nitrogens with one attached hydrogen (secondary N) is 3. The highest BCUT2D eigenvalue weighted by molar-refractivity contribution is 5.78. The first-order chi connectivity index (χ1) is 10.2. The average Bonchev–Trinajstić information content (AvgIpc) is 2.87. The number of nitrogens with two attached hydrogens (primary N) is 1. The third kappa shape index (κ3) is 3.70. The zero-order chi connectivity index (χ0) is 16.5. The van der Waals surface area contributed by atoms with E-state index in [0.29, 0.717) is 5.92 Å². The van der Waals surface area contributed by atoms with Crippen LogP contribution in [-0.4, -0.2) is 22.0 Å². The van der Waals surface area contributed by atoms with Crippen molar-refractivity contribution < 1.29 is 4.79 Å². The molecule has 1 saturated heterocycles. The maximum absolute atomic E-state index is 12.1. The number of piperidine rings is 1. The minimum atomic E-state index is -0.168. The summed E-state index contributed by atoms with van der Waals surface area (Å²) >= 11 is 0. The van der Waals surface area contributed by atoms with E-state index >= 15 is 0 Å². The maximum atomic E-state index is 12.1. The van der Waals surface area contributed by atoms with Gasteiger partial charge in [0, 0.05) is 34.8 Å². The van der Waals surface area contributed by atoms with E-state index in [4.69, 9.17) is 5.84 Å². The molecule has 2 unspecified atom stereocenters. The van der Waals surface area contributed by atoms with Gasteiger partial charge in [0.15, 0.2) is 0 Å². The van der Waals surface area contributed by atoms with Crippen molar-refractivity contribution in [3.8, 4) is 0 Å². The van der Waals surface area contributed by atoms with E-state index in [1.807, 2.05) is 19.2 Å². The van der Waals surface area contributed by atoms with Gasteiger partial charge in [-0.05, 0) is 58.6 Å². The Labute approximate surface area is 133 Å².